The van der Waals surface area contributed by atoms with Gasteiger partial charge in [0.2, 0.25) is 0 Å². The van der Waals surface area contributed by atoms with Crippen LogP contribution in [0.4, 0.5) is 17.1 Å². The molecule has 312 valence electrons. The molecule has 3 aromatic heterocycles. The molecule has 66 heavy (non-hydrogen) atoms. The number of anilines is 3. The Morgan fingerprint density at radius 2 is 1.03 bits per heavy atom. The molecule has 10 aromatic carbocycles. The van der Waals surface area contributed by atoms with Crippen LogP contribution in [0.25, 0.3) is 103 Å². The van der Waals surface area contributed by atoms with Gasteiger partial charge in [-0.1, -0.05) is 140 Å². The predicted octanol–water partition coefficient (Wildman–Crippen LogP) is 18.1. The fourth-order valence-electron chi connectivity index (χ4n) is 10.3. The average Bonchev–Trinajstić information content (AvgIpc) is 4.05. The van der Waals surface area contributed by atoms with E-state index in [1.165, 1.54) is 86.5 Å². The summed E-state index contributed by atoms with van der Waals surface area (Å²) in [5, 5.41) is 7.27. The lowest BCUT2D eigenvalue weighted by atomic mass is 9.95. The third-order valence-corrected chi connectivity index (χ3v) is 14.7. The summed E-state index contributed by atoms with van der Waals surface area (Å²) in [7, 11) is 0. The van der Waals surface area contributed by atoms with Gasteiger partial charge in [0.1, 0.15) is 11.2 Å². The van der Waals surface area contributed by atoms with Gasteiger partial charge in [-0.15, -0.1) is 11.3 Å². The molecule has 0 aliphatic heterocycles. The minimum absolute atomic E-state index is 0.898. The van der Waals surface area contributed by atoms with E-state index < -0.39 is 0 Å². The van der Waals surface area contributed by atoms with Gasteiger partial charge in [0.25, 0.3) is 0 Å². The SMILES string of the molecule is Cc1ccccc1-c1cc(N(c2ccc(-c3ccccc3)cc2)c2ccc(-c3cc4c5ccccc5n(-c5ccc6oc7ccccc7c6c5)c4c4c3sc3ccccc34)cc2)ccc1C. The first-order valence-electron chi connectivity index (χ1n) is 22.6. The topological polar surface area (TPSA) is 21.3 Å². The first-order valence-corrected chi connectivity index (χ1v) is 23.4. The number of aromatic nitrogens is 1. The van der Waals surface area contributed by atoms with Crippen molar-refractivity contribution >= 4 is 92.3 Å². The normalized spacial score (nSPS) is 11.8. The summed E-state index contributed by atoms with van der Waals surface area (Å²) in [5.74, 6) is 0. The zero-order valence-electron chi connectivity index (χ0n) is 36.5. The summed E-state index contributed by atoms with van der Waals surface area (Å²) in [6.45, 7) is 4.41. The number of rotatable bonds is 7. The number of benzene rings is 10. The summed E-state index contributed by atoms with van der Waals surface area (Å²) in [4.78, 5) is 2.39. The molecule has 0 saturated heterocycles. The third kappa shape index (κ3) is 6.10. The number of thiophene rings is 1. The van der Waals surface area contributed by atoms with Crippen molar-refractivity contribution in [1.82, 2.24) is 4.57 Å². The van der Waals surface area contributed by atoms with E-state index in [4.69, 9.17) is 4.42 Å². The number of fused-ring (bicyclic) bond motifs is 10. The molecule has 0 amide bonds. The molecule has 3 heterocycles. The second kappa shape index (κ2) is 15.2. The number of aryl methyl sites for hydroxylation is 2. The lowest BCUT2D eigenvalue weighted by Crippen LogP contribution is -2.10. The Kier molecular flexibility index (Phi) is 8.84. The molecule has 0 aliphatic carbocycles. The van der Waals surface area contributed by atoms with E-state index in [9.17, 15) is 0 Å². The Bertz CT molecular complexity index is 4000. The van der Waals surface area contributed by atoms with Crippen molar-refractivity contribution in [2.75, 3.05) is 4.90 Å². The van der Waals surface area contributed by atoms with Crippen LogP contribution in [0.5, 0.6) is 0 Å². The number of furan rings is 1. The molecule has 13 aromatic rings. The molecule has 0 fully saturated rings. The maximum Gasteiger partial charge on any atom is 0.135 e. The first kappa shape index (κ1) is 38.3. The zero-order chi connectivity index (χ0) is 43.9. The summed E-state index contributed by atoms with van der Waals surface area (Å²) in [5.41, 5.74) is 18.5. The van der Waals surface area contributed by atoms with Crippen LogP contribution in [0, 0.1) is 13.8 Å². The van der Waals surface area contributed by atoms with Gasteiger partial charge in [-0.3, -0.25) is 0 Å². The molecule has 0 spiro atoms. The fourth-order valence-corrected chi connectivity index (χ4v) is 11.5. The van der Waals surface area contributed by atoms with Crippen LogP contribution in [0.1, 0.15) is 11.1 Å². The largest absolute Gasteiger partial charge is 0.456 e. The van der Waals surface area contributed by atoms with Crippen molar-refractivity contribution < 1.29 is 4.42 Å². The molecular formula is C62H42N2OS. The van der Waals surface area contributed by atoms with E-state index >= 15 is 0 Å². The lowest BCUT2D eigenvalue weighted by molar-refractivity contribution is 0.669. The van der Waals surface area contributed by atoms with Gasteiger partial charge in [0.05, 0.1) is 11.0 Å². The maximum absolute atomic E-state index is 6.30. The molecule has 0 radical (unpaired) electrons. The smallest absolute Gasteiger partial charge is 0.135 e. The van der Waals surface area contributed by atoms with Crippen molar-refractivity contribution in [3.8, 4) is 39.1 Å². The van der Waals surface area contributed by atoms with E-state index in [0.29, 0.717) is 0 Å². The van der Waals surface area contributed by atoms with E-state index in [0.717, 1.165) is 44.7 Å². The van der Waals surface area contributed by atoms with Crippen LogP contribution in [-0.4, -0.2) is 4.57 Å². The summed E-state index contributed by atoms with van der Waals surface area (Å²) < 4.78 is 11.3. The van der Waals surface area contributed by atoms with Gasteiger partial charge in [-0.25, -0.2) is 0 Å². The monoisotopic (exact) mass is 862 g/mol. The highest BCUT2D eigenvalue weighted by atomic mass is 32.1. The molecule has 0 atom stereocenters. The van der Waals surface area contributed by atoms with Crippen molar-refractivity contribution in [3.63, 3.8) is 0 Å². The highest BCUT2D eigenvalue weighted by Gasteiger charge is 2.23. The van der Waals surface area contributed by atoms with Crippen LogP contribution < -0.4 is 4.90 Å². The van der Waals surface area contributed by atoms with Crippen LogP contribution in [0.3, 0.4) is 0 Å². The van der Waals surface area contributed by atoms with E-state index in [1.807, 2.05) is 17.4 Å². The van der Waals surface area contributed by atoms with E-state index in [-0.39, 0.29) is 0 Å². The number of hydrogen-bond acceptors (Lipinski definition) is 3. The Hall–Kier alpha value is -8.18. The van der Waals surface area contributed by atoms with Crippen LogP contribution in [0.2, 0.25) is 0 Å². The molecule has 0 aliphatic rings. The highest BCUT2D eigenvalue weighted by molar-refractivity contribution is 7.26. The third-order valence-electron chi connectivity index (χ3n) is 13.5. The zero-order valence-corrected chi connectivity index (χ0v) is 37.3. The molecule has 0 N–H and O–H groups in total. The average molecular weight is 863 g/mol. The van der Waals surface area contributed by atoms with Gasteiger partial charge in [-0.05, 0) is 132 Å². The second-order valence-corrected chi connectivity index (χ2v) is 18.4. The minimum Gasteiger partial charge on any atom is -0.456 e. The van der Waals surface area contributed by atoms with Crippen molar-refractivity contribution in [3.05, 3.63) is 230 Å². The van der Waals surface area contributed by atoms with Crippen LogP contribution in [-0.2, 0) is 0 Å². The fraction of sp³-hybridized carbons (Fsp3) is 0.0323. The van der Waals surface area contributed by atoms with Crippen molar-refractivity contribution in [2.45, 2.75) is 13.8 Å². The van der Waals surface area contributed by atoms with Gasteiger partial charge in [0, 0.05) is 70.0 Å². The van der Waals surface area contributed by atoms with Gasteiger partial charge in [-0.2, -0.15) is 0 Å². The van der Waals surface area contributed by atoms with Crippen LogP contribution >= 0.6 is 11.3 Å². The Balaban J connectivity index is 0.998. The van der Waals surface area contributed by atoms with Crippen LogP contribution in [0.15, 0.2) is 223 Å². The quantitative estimate of drug-likeness (QED) is 0.159. The lowest BCUT2D eigenvalue weighted by Gasteiger charge is -2.27. The van der Waals surface area contributed by atoms with Crippen molar-refractivity contribution in [1.29, 1.82) is 0 Å². The minimum atomic E-state index is 0.898. The Labute approximate surface area is 386 Å². The molecule has 13 rings (SSSR count). The standard InChI is InChI=1S/C62H42N2OS/c1-39-14-6-7-17-48(39)52-36-46(29-24-40(52)2)63(44-30-25-42(26-31-44)41-15-4-3-5-16-41)45-32-27-43(28-33-45)53-38-55-49-18-8-11-21-56(49)64(61(55)60-51-20-10-13-23-59(51)66-62(53)60)47-34-35-58-54(37-47)50-19-9-12-22-57(50)65-58/h3-38H,1-2H3. The number of hydrogen-bond donors (Lipinski definition) is 0. The summed E-state index contributed by atoms with van der Waals surface area (Å²) in [6, 6.07) is 79.6. The maximum atomic E-state index is 6.30. The molecule has 0 bridgehead atoms. The highest BCUT2D eigenvalue weighted by Crippen LogP contribution is 2.49. The van der Waals surface area contributed by atoms with Gasteiger partial charge >= 0.3 is 0 Å². The van der Waals surface area contributed by atoms with Crippen molar-refractivity contribution in [2.24, 2.45) is 0 Å². The molecular weight excluding hydrogens is 821 g/mol. The summed E-state index contributed by atoms with van der Waals surface area (Å²) in [6.07, 6.45) is 0. The molecule has 0 unspecified atom stereocenters. The number of para-hydroxylation sites is 2. The summed E-state index contributed by atoms with van der Waals surface area (Å²) >= 11 is 1.88. The Morgan fingerprint density at radius 3 is 1.83 bits per heavy atom. The van der Waals surface area contributed by atoms with E-state index in [1.54, 1.807) is 0 Å². The second-order valence-electron chi connectivity index (χ2n) is 17.4. The van der Waals surface area contributed by atoms with E-state index in [2.05, 4.69) is 236 Å². The first-order chi connectivity index (χ1) is 32.6. The molecule has 4 heteroatoms. The Morgan fingerprint density at radius 1 is 0.409 bits per heavy atom. The molecule has 3 nitrogen and oxygen atoms in total. The number of nitrogens with zero attached hydrogens (tertiary/aromatic N) is 2. The predicted molar refractivity (Wildman–Crippen MR) is 281 cm³/mol. The van der Waals surface area contributed by atoms with Gasteiger partial charge in [0.15, 0.2) is 0 Å². The van der Waals surface area contributed by atoms with Gasteiger partial charge < -0.3 is 13.9 Å². The molecule has 0 saturated carbocycles.